The molecule has 12 heteroatoms. The fourth-order valence-corrected chi connectivity index (χ4v) is 7.09. The van der Waals surface area contributed by atoms with Crippen LogP contribution in [0.4, 0.5) is 11.4 Å². The van der Waals surface area contributed by atoms with Crippen LogP contribution in [0.15, 0.2) is 96.3 Å². The van der Waals surface area contributed by atoms with Gasteiger partial charge in [-0.25, -0.2) is 14.0 Å². The quantitative estimate of drug-likeness (QED) is 0.169. The van der Waals surface area contributed by atoms with Crippen molar-refractivity contribution in [2.75, 3.05) is 49.2 Å². The molecular weight excluding hydrogens is 644 g/mol. The van der Waals surface area contributed by atoms with E-state index >= 15 is 0 Å². The summed E-state index contributed by atoms with van der Waals surface area (Å²) in [4.78, 5) is 17.7. The van der Waals surface area contributed by atoms with E-state index < -0.39 is 5.79 Å². The summed E-state index contributed by atoms with van der Waals surface area (Å²) in [5.41, 5.74) is 5.41. The van der Waals surface area contributed by atoms with E-state index in [4.69, 9.17) is 14.2 Å². The van der Waals surface area contributed by atoms with E-state index in [0.717, 1.165) is 73.0 Å². The zero-order chi connectivity index (χ0) is 35.4. The monoisotopic (exact) mass is 688 g/mol. The molecule has 0 saturated carbocycles. The van der Waals surface area contributed by atoms with Crippen molar-refractivity contribution < 1.29 is 14.2 Å². The summed E-state index contributed by atoms with van der Waals surface area (Å²) in [6.07, 6.45) is 6.70. The minimum atomic E-state index is -1.04. The van der Waals surface area contributed by atoms with Gasteiger partial charge in [0.1, 0.15) is 24.8 Å². The summed E-state index contributed by atoms with van der Waals surface area (Å²) in [7, 11) is 0. The predicted molar refractivity (Wildman–Crippen MR) is 194 cm³/mol. The number of nitrogens with zero attached hydrogens (tertiary/aromatic N) is 8. The third-order valence-corrected chi connectivity index (χ3v) is 9.95. The minimum absolute atomic E-state index is 0.0967. The molecule has 0 bridgehead atoms. The highest BCUT2D eigenvalue weighted by molar-refractivity contribution is 5.55. The van der Waals surface area contributed by atoms with Gasteiger partial charge >= 0.3 is 5.69 Å². The van der Waals surface area contributed by atoms with E-state index in [0.29, 0.717) is 25.3 Å². The zero-order valence-corrected chi connectivity index (χ0v) is 29.4. The lowest BCUT2D eigenvalue weighted by molar-refractivity contribution is -0.191. The van der Waals surface area contributed by atoms with Crippen molar-refractivity contribution in [3.63, 3.8) is 0 Å². The molecule has 0 amide bonds. The van der Waals surface area contributed by atoms with Gasteiger partial charge < -0.3 is 24.0 Å². The molecule has 264 valence electrons. The summed E-state index contributed by atoms with van der Waals surface area (Å²) < 4.78 is 24.2. The Bertz CT molecular complexity index is 2000. The van der Waals surface area contributed by atoms with Gasteiger partial charge in [0.15, 0.2) is 0 Å². The summed E-state index contributed by atoms with van der Waals surface area (Å²) >= 11 is 0. The largest absolute Gasteiger partial charge is 0.491 e. The van der Waals surface area contributed by atoms with E-state index in [1.165, 1.54) is 0 Å². The molecular formula is C39H44N8O4. The van der Waals surface area contributed by atoms with E-state index in [2.05, 4.69) is 64.2 Å². The number of benzene rings is 3. The van der Waals surface area contributed by atoms with Gasteiger partial charge in [0, 0.05) is 55.5 Å². The standard InChI is InChI=1S/C39H44N8O4/c1-4-31(5-2)47-38(48)46(28-42-47)34-10-8-32(9-11-34)43-19-21-44(22-20-43)33-12-14-35(15-13-33)49-25-36-26-50-39(51-36,27-45-18-6-17-41-45)37-16-7-30(24-40)23-29(37)3/h6-18,23,28,31,36H,4-5,19-22,25-27H2,1-3H3/t36-,39-/m0/s1. The molecule has 2 aliphatic rings. The van der Waals surface area contributed by atoms with Crippen LogP contribution in [0.25, 0.3) is 5.69 Å². The average Bonchev–Trinajstić information content (AvgIpc) is 3.93. The summed E-state index contributed by atoms with van der Waals surface area (Å²) in [6.45, 7) is 10.8. The van der Waals surface area contributed by atoms with E-state index in [9.17, 15) is 10.1 Å². The fraction of sp³-hybridized carbons (Fsp3) is 0.385. The molecule has 2 aliphatic heterocycles. The number of ether oxygens (including phenoxy) is 3. The predicted octanol–water partition coefficient (Wildman–Crippen LogP) is 5.45. The van der Waals surface area contributed by atoms with Crippen LogP contribution >= 0.6 is 0 Å². The van der Waals surface area contributed by atoms with Gasteiger partial charge in [-0.15, -0.1) is 0 Å². The van der Waals surface area contributed by atoms with Crippen LogP contribution in [-0.4, -0.2) is 69.6 Å². The SMILES string of the molecule is CCC(CC)n1ncn(-c2ccc(N3CCN(c4ccc(OC[C@H]5CO[C@](Cn6cccn6)(c6ccc(C#N)cc6C)O5)cc4)CC3)cc2)c1=O. The number of anilines is 2. The van der Waals surface area contributed by atoms with Gasteiger partial charge in [0.25, 0.3) is 0 Å². The first-order valence-electron chi connectivity index (χ1n) is 17.7. The Labute approximate surface area is 298 Å². The second kappa shape index (κ2) is 14.8. The number of aryl methyl sites for hydroxylation is 1. The normalized spacial score (nSPS) is 19.1. The Morgan fingerprint density at radius 2 is 1.61 bits per heavy atom. The Kier molecular flexibility index (Phi) is 9.92. The molecule has 0 aliphatic carbocycles. The number of hydrogen-bond acceptors (Lipinski definition) is 9. The maximum Gasteiger partial charge on any atom is 0.350 e. The Morgan fingerprint density at radius 3 is 2.22 bits per heavy atom. The maximum atomic E-state index is 13.0. The molecule has 51 heavy (non-hydrogen) atoms. The number of aromatic nitrogens is 5. The highest BCUT2D eigenvalue weighted by Crippen LogP contribution is 2.38. The van der Waals surface area contributed by atoms with Crippen LogP contribution in [0, 0.1) is 18.3 Å². The second-order valence-electron chi connectivity index (χ2n) is 13.1. The minimum Gasteiger partial charge on any atom is -0.491 e. The molecule has 4 heterocycles. The lowest BCUT2D eigenvalue weighted by atomic mass is 9.98. The lowest BCUT2D eigenvalue weighted by Gasteiger charge is -2.37. The smallest absolute Gasteiger partial charge is 0.350 e. The van der Waals surface area contributed by atoms with Crippen molar-refractivity contribution in [2.45, 2.75) is 58.1 Å². The van der Waals surface area contributed by atoms with Crippen LogP contribution in [-0.2, 0) is 21.8 Å². The van der Waals surface area contributed by atoms with Crippen molar-refractivity contribution in [3.8, 4) is 17.5 Å². The van der Waals surface area contributed by atoms with Gasteiger partial charge in [-0.05, 0) is 92.1 Å². The molecule has 2 atom stereocenters. The van der Waals surface area contributed by atoms with Crippen LogP contribution in [0.2, 0.25) is 0 Å². The first-order valence-corrected chi connectivity index (χ1v) is 17.7. The summed E-state index contributed by atoms with van der Waals surface area (Å²) in [5, 5.41) is 18.1. The first kappa shape index (κ1) is 34.1. The molecule has 2 fully saturated rings. The Morgan fingerprint density at radius 1 is 0.941 bits per heavy atom. The summed E-state index contributed by atoms with van der Waals surface area (Å²) in [5.74, 6) is -0.271. The first-order chi connectivity index (χ1) is 24.9. The maximum absolute atomic E-state index is 13.0. The number of rotatable bonds is 12. The average molecular weight is 689 g/mol. The second-order valence-corrected chi connectivity index (χ2v) is 13.1. The van der Waals surface area contributed by atoms with Crippen molar-refractivity contribution in [1.29, 1.82) is 5.26 Å². The van der Waals surface area contributed by atoms with E-state index in [-0.39, 0.29) is 17.8 Å². The molecule has 3 aromatic carbocycles. The number of piperazine rings is 1. The van der Waals surface area contributed by atoms with Gasteiger partial charge in [-0.1, -0.05) is 19.9 Å². The van der Waals surface area contributed by atoms with Gasteiger partial charge in [0.05, 0.1) is 36.5 Å². The van der Waals surface area contributed by atoms with Crippen LogP contribution in [0.5, 0.6) is 5.75 Å². The lowest BCUT2D eigenvalue weighted by Crippen LogP contribution is -2.46. The molecule has 0 unspecified atom stereocenters. The zero-order valence-electron chi connectivity index (χ0n) is 29.4. The highest BCUT2D eigenvalue weighted by atomic mass is 16.8. The molecule has 12 nitrogen and oxygen atoms in total. The number of nitriles is 1. The van der Waals surface area contributed by atoms with Gasteiger partial charge in [0.2, 0.25) is 5.79 Å². The van der Waals surface area contributed by atoms with Gasteiger partial charge in [-0.2, -0.15) is 15.5 Å². The Balaban J connectivity index is 0.927. The van der Waals surface area contributed by atoms with Crippen LogP contribution < -0.4 is 20.2 Å². The molecule has 2 saturated heterocycles. The molecule has 0 radical (unpaired) electrons. The molecule has 7 rings (SSSR count). The molecule has 2 aromatic heterocycles. The van der Waals surface area contributed by atoms with Crippen LogP contribution in [0.1, 0.15) is 49.4 Å². The summed E-state index contributed by atoms with van der Waals surface area (Å²) in [6, 6.07) is 26.1. The van der Waals surface area contributed by atoms with Crippen molar-refractivity contribution in [3.05, 3.63) is 119 Å². The third kappa shape index (κ3) is 7.13. The van der Waals surface area contributed by atoms with Crippen molar-refractivity contribution in [1.82, 2.24) is 24.1 Å². The van der Waals surface area contributed by atoms with Crippen LogP contribution in [0.3, 0.4) is 0 Å². The van der Waals surface area contributed by atoms with Crippen molar-refractivity contribution >= 4 is 11.4 Å². The Hall–Kier alpha value is -5.38. The number of hydrogen-bond donors (Lipinski definition) is 0. The fourth-order valence-electron chi connectivity index (χ4n) is 7.09. The van der Waals surface area contributed by atoms with E-state index in [1.807, 2.05) is 55.6 Å². The van der Waals surface area contributed by atoms with Crippen molar-refractivity contribution in [2.24, 2.45) is 0 Å². The van der Waals surface area contributed by atoms with E-state index in [1.54, 1.807) is 32.5 Å². The van der Waals surface area contributed by atoms with Gasteiger partial charge in [-0.3, -0.25) is 4.68 Å². The highest BCUT2D eigenvalue weighted by Gasteiger charge is 2.45. The molecule has 0 spiro atoms. The molecule has 0 N–H and O–H groups in total. The topological polar surface area (TPSA) is 116 Å². The third-order valence-electron chi connectivity index (χ3n) is 9.95. The molecule has 5 aromatic rings.